The SMILES string of the molecule is CC1(COc2ccn(-c3ccc(C(=O)O)c(Cl)n3)n2)CCC1.Cc1ccccc1S(=O)(=O)NC(=O)c1ccc(-n2ccc(OCC3(C)CCC3)n2)nc1Cl. The van der Waals surface area contributed by atoms with Crippen LogP contribution in [0.5, 0.6) is 11.8 Å². The largest absolute Gasteiger partial charge is 0.478 e. The van der Waals surface area contributed by atoms with E-state index in [9.17, 15) is 18.0 Å². The number of nitrogens with zero attached hydrogens (tertiary/aromatic N) is 6. The van der Waals surface area contributed by atoms with Crippen molar-refractivity contribution in [2.45, 2.75) is 64.2 Å². The van der Waals surface area contributed by atoms with Crippen LogP contribution in [-0.4, -0.2) is 68.1 Å². The van der Waals surface area contributed by atoms with E-state index < -0.39 is 21.9 Å². The van der Waals surface area contributed by atoms with Crippen molar-refractivity contribution in [3.05, 3.63) is 100 Å². The van der Waals surface area contributed by atoms with E-state index in [2.05, 4.69) is 34.0 Å². The summed E-state index contributed by atoms with van der Waals surface area (Å²) in [6, 6.07) is 15.8. The highest BCUT2D eigenvalue weighted by atomic mass is 35.5. The summed E-state index contributed by atoms with van der Waals surface area (Å²) >= 11 is 12.1. The number of benzene rings is 1. The Labute approximate surface area is 322 Å². The predicted molar refractivity (Wildman–Crippen MR) is 200 cm³/mol. The van der Waals surface area contributed by atoms with Crippen LogP contribution in [0.4, 0.5) is 0 Å². The maximum Gasteiger partial charge on any atom is 0.338 e. The third-order valence-corrected chi connectivity index (χ3v) is 11.7. The Morgan fingerprint density at radius 2 is 1.26 bits per heavy atom. The molecule has 2 aliphatic carbocycles. The van der Waals surface area contributed by atoms with Crippen molar-refractivity contribution in [2.75, 3.05) is 13.2 Å². The van der Waals surface area contributed by atoms with Gasteiger partial charge in [-0.2, -0.15) is 0 Å². The van der Waals surface area contributed by atoms with Gasteiger partial charge < -0.3 is 14.6 Å². The van der Waals surface area contributed by atoms with Crippen LogP contribution in [-0.2, 0) is 10.0 Å². The number of hydrogen-bond donors (Lipinski definition) is 2. The fourth-order valence-corrected chi connectivity index (χ4v) is 7.57. The van der Waals surface area contributed by atoms with E-state index >= 15 is 0 Å². The molecule has 2 aliphatic rings. The normalized spacial score (nSPS) is 15.5. The number of pyridine rings is 2. The van der Waals surface area contributed by atoms with E-state index in [0.29, 0.717) is 42.2 Å². The number of carboxylic acids is 1. The number of nitrogens with one attached hydrogen (secondary N) is 1. The molecule has 0 bridgehead atoms. The van der Waals surface area contributed by atoms with Gasteiger partial charge in [-0.25, -0.2) is 37.3 Å². The van der Waals surface area contributed by atoms with E-state index in [1.165, 1.54) is 59.3 Å². The summed E-state index contributed by atoms with van der Waals surface area (Å²) in [5.41, 5.74) is 0.893. The molecule has 0 spiro atoms. The van der Waals surface area contributed by atoms with E-state index in [0.717, 1.165) is 12.8 Å². The number of hydrogen-bond acceptors (Lipinski definition) is 10. The molecule has 0 aliphatic heterocycles. The van der Waals surface area contributed by atoms with Gasteiger partial charge in [0, 0.05) is 35.4 Å². The quantitative estimate of drug-likeness (QED) is 0.123. The molecule has 4 heterocycles. The standard InChI is InChI=1S/C22H23ClN4O4S.C15H16ClN3O3/c1-15-6-3-4-7-17(15)32(29,30)26-21(28)16-8-9-18(24-20(16)23)27-13-10-19(25-27)31-14-22(2)11-5-12-22;1-15(6-2-7-15)9-22-12-5-8-19(18-12)11-4-3-10(14(20)21)13(16)17-11/h3-4,6-10,13H,5,11-12,14H2,1-2H3,(H,26,28);3-5,8H,2,6-7,9H2,1H3,(H,20,21). The Bertz CT molecular complexity index is 2290. The average Bonchev–Trinajstić information content (AvgIpc) is 3.79. The molecule has 2 N–H and O–H groups in total. The highest BCUT2D eigenvalue weighted by molar-refractivity contribution is 7.90. The molecule has 2 fully saturated rings. The van der Waals surface area contributed by atoms with Crippen molar-refractivity contribution in [3.63, 3.8) is 0 Å². The molecule has 284 valence electrons. The second-order valence-electron chi connectivity index (χ2n) is 14.1. The van der Waals surface area contributed by atoms with Crippen molar-refractivity contribution in [1.82, 2.24) is 34.3 Å². The summed E-state index contributed by atoms with van der Waals surface area (Å²) in [5, 5.41) is 17.4. The van der Waals surface area contributed by atoms with E-state index in [4.69, 9.17) is 37.8 Å². The molecule has 2 saturated carbocycles. The lowest BCUT2D eigenvalue weighted by Crippen LogP contribution is -2.32. The zero-order chi connectivity index (χ0) is 38.7. The van der Waals surface area contributed by atoms with Crippen LogP contribution in [0.2, 0.25) is 10.3 Å². The second kappa shape index (κ2) is 15.8. The molecule has 1 aromatic carbocycles. The number of amides is 1. The van der Waals surface area contributed by atoms with Crippen LogP contribution in [0.1, 0.15) is 78.7 Å². The minimum absolute atomic E-state index is 0.0221. The molecule has 0 atom stereocenters. The Morgan fingerprint density at radius 3 is 1.69 bits per heavy atom. The molecule has 4 aromatic heterocycles. The van der Waals surface area contributed by atoms with E-state index in [1.54, 1.807) is 55.7 Å². The first-order valence-corrected chi connectivity index (χ1v) is 19.4. The van der Waals surface area contributed by atoms with Crippen LogP contribution >= 0.6 is 23.2 Å². The first kappa shape index (κ1) is 38.7. The van der Waals surface area contributed by atoms with Crippen molar-refractivity contribution in [2.24, 2.45) is 10.8 Å². The van der Waals surface area contributed by atoms with Gasteiger partial charge >= 0.3 is 5.97 Å². The van der Waals surface area contributed by atoms with E-state index in [-0.39, 0.29) is 37.2 Å². The number of carbonyl (C=O) groups is 2. The maximum atomic E-state index is 12.6. The summed E-state index contributed by atoms with van der Waals surface area (Å²) in [6.45, 7) is 7.30. The Morgan fingerprint density at radius 1 is 0.778 bits per heavy atom. The van der Waals surface area contributed by atoms with Gasteiger partial charge in [-0.1, -0.05) is 68.1 Å². The number of sulfonamides is 1. The molecule has 7 rings (SSSR count). The van der Waals surface area contributed by atoms with Gasteiger partial charge in [0.15, 0.2) is 11.6 Å². The topological polar surface area (TPSA) is 180 Å². The fourth-order valence-electron chi connectivity index (χ4n) is 5.89. The first-order valence-electron chi connectivity index (χ1n) is 17.2. The van der Waals surface area contributed by atoms with Crippen molar-refractivity contribution in [1.29, 1.82) is 0 Å². The van der Waals surface area contributed by atoms with Gasteiger partial charge in [0.2, 0.25) is 11.8 Å². The third kappa shape index (κ3) is 9.02. The van der Waals surface area contributed by atoms with Crippen LogP contribution in [0, 0.1) is 17.8 Å². The maximum absolute atomic E-state index is 12.6. The minimum Gasteiger partial charge on any atom is -0.478 e. The van der Waals surface area contributed by atoms with Gasteiger partial charge in [0.05, 0.1) is 29.2 Å². The molecule has 14 nitrogen and oxygen atoms in total. The zero-order valence-electron chi connectivity index (χ0n) is 29.8. The monoisotopic (exact) mass is 795 g/mol. The van der Waals surface area contributed by atoms with Crippen molar-refractivity contribution in [3.8, 4) is 23.4 Å². The molecule has 0 radical (unpaired) electrons. The lowest BCUT2D eigenvalue weighted by atomic mass is 9.71. The number of rotatable bonds is 12. The zero-order valence-corrected chi connectivity index (χ0v) is 32.2. The second-order valence-corrected chi connectivity index (χ2v) is 16.5. The first-order chi connectivity index (χ1) is 25.6. The number of carboxylic acid groups (broad SMARTS) is 1. The number of aromatic nitrogens is 6. The summed E-state index contributed by atoms with van der Waals surface area (Å²) in [6.07, 6.45) is 10.5. The van der Waals surface area contributed by atoms with Gasteiger partial charge in [-0.3, -0.25) is 4.79 Å². The molecule has 17 heteroatoms. The summed E-state index contributed by atoms with van der Waals surface area (Å²) in [4.78, 5) is 31.7. The summed E-state index contributed by atoms with van der Waals surface area (Å²) in [5.74, 6) is -0.161. The number of ether oxygens (including phenoxy) is 2. The molecule has 5 aromatic rings. The van der Waals surface area contributed by atoms with Crippen LogP contribution < -0.4 is 14.2 Å². The molecule has 0 unspecified atom stereocenters. The smallest absolute Gasteiger partial charge is 0.338 e. The molecular formula is C37H39Cl2N7O7S. The Balaban J connectivity index is 0.000000197. The van der Waals surface area contributed by atoms with Gasteiger partial charge in [0.1, 0.15) is 10.3 Å². The van der Waals surface area contributed by atoms with Crippen molar-refractivity contribution >= 4 is 45.1 Å². The summed E-state index contributed by atoms with van der Waals surface area (Å²) in [7, 11) is -4.05. The number of aryl methyl sites for hydroxylation is 1. The molecule has 1 amide bonds. The lowest BCUT2D eigenvalue weighted by molar-refractivity contribution is 0.0696. The number of aromatic carboxylic acids is 1. The molecule has 0 saturated heterocycles. The van der Waals surface area contributed by atoms with Gasteiger partial charge in [-0.15, -0.1) is 10.2 Å². The van der Waals surface area contributed by atoms with Crippen LogP contribution in [0.25, 0.3) is 11.6 Å². The van der Waals surface area contributed by atoms with Crippen LogP contribution in [0.15, 0.2) is 78.0 Å². The highest BCUT2D eigenvalue weighted by Gasteiger charge is 2.33. The van der Waals surface area contributed by atoms with Crippen LogP contribution in [0.3, 0.4) is 0 Å². The average molecular weight is 797 g/mol. The third-order valence-electron chi connectivity index (χ3n) is 9.61. The number of halogens is 2. The van der Waals surface area contributed by atoms with Gasteiger partial charge in [0.25, 0.3) is 15.9 Å². The van der Waals surface area contributed by atoms with E-state index in [1.807, 2.05) is 4.72 Å². The number of carbonyl (C=O) groups excluding carboxylic acids is 1. The Kier molecular flexibility index (Phi) is 11.3. The Hall–Kier alpha value is -4.99. The summed E-state index contributed by atoms with van der Waals surface area (Å²) < 4.78 is 41.7. The highest BCUT2D eigenvalue weighted by Crippen LogP contribution is 2.41. The van der Waals surface area contributed by atoms with Crippen molar-refractivity contribution < 1.29 is 32.6 Å². The molecule has 54 heavy (non-hydrogen) atoms. The molecular weight excluding hydrogens is 757 g/mol. The predicted octanol–water partition coefficient (Wildman–Crippen LogP) is 7.10. The fraction of sp³-hybridized carbons (Fsp3) is 0.351. The minimum atomic E-state index is -4.05. The lowest BCUT2D eigenvalue weighted by Gasteiger charge is -2.37. The van der Waals surface area contributed by atoms with Gasteiger partial charge in [-0.05, 0) is 68.5 Å².